The molecule has 1 saturated heterocycles. The monoisotopic (exact) mass is 279 g/mol. The van der Waals surface area contributed by atoms with Crippen molar-refractivity contribution < 1.29 is 9.53 Å². The van der Waals surface area contributed by atoms with Gasteiger partial charge in [-0.05, 0) is 42.0 Å². The number of likely N-dealkylation sites (tertiary alicyclic amines) is 1. The Labute approximate surface area is 118 Å². The van der Waals surface area contributed by atoms with Gasteiger partial charge in [0.15, 0.2) is 0 Å². The zero-order chi connectivity index (χ0) is 13.2. The third-order valence-corrected chi connectivity index (χ3v) is 4.43. The number of nitrogens with zero attached hydrogens (tertiary/aromatic N) is 1. The van der Waals surface area contributed by atoms with Crippen LogP contribution in [0.5, 0.6) is 0 Å². The van der Waals surface area contributed by atoms with E-state index >= 15 is 0 Å². The van der Waals surface area contributed by atoms with Crippen molar-refractivity contribution in [1.82, 2.24) is 4.90 Å². The molecule has 2 heterocycles. The van der Waals surface area contributed by atoms with Crippen LogP contribution < -0.4 is 0 Å². The lowest BCUT2D eigenvalue weighted by atomic mass is 9.98. The maximum Gasteiger partial charge on any atom is 0.253 e. The van der Waals surface area contributed by atoms with Crippen LogP contribution in [0.3, 0.4) is 0 Å². The van der Waals surface area contributed by atoms with Crippen molar-refractivity contribution in [2.75, 3.05) is 19.0 Å². The lowest BCUT2D eigenvalue weighted by molar-refractivity contribution is 0.0684. The number of hydrogen-bond donors (Lipinski definition) is 0. The van der Waals surface area contributed by atoms with Crippen LogP contribution in [0.1, 0.15) is 34.3 Å². The van der Waals surface area contributed by atoms with Gasteiger partial charge >= 0.3 is 0 Å². The molecule has 3 rings (SSSR count). The Hall–Kier alpha value is -1.06. The first-order valence-electron chi connectivity index (χ1n) is 6.82. The number of hydrogen-bond acceptors (Lipinski definition) is 2. The fraction of sp³-hybridized carbons (Fsp3) is 0.533. The number of rotatable bonds is 2. The third-order valence-electron chi connectivity index (χ3n) is 3.99. The summed E-state index contributed by atoms with van der Waals surface area (Å²) >= 11 is 5.92. The van der Waals surface area contributed by atoms with Gasteiger partial charge in [0.2, 0.25) is 0 Å². The molecular formula is C15H18ClNO2. The van der Waals surface area contributed by atoms with Crippen molar-refractivity contribution in [3.05, 3.63) is 34.9 Å². The Morgan fingerprint density at radius 3 is 3.05 bits per heavy atom. The lowest BCUT2D eigenvalue weighted by Crippen LogP contribution is -2.40. The van der Waals surface area contributed by atoms with E-state index in [4.69, 9.17) is 16.3 Å². The zero-order valence-corrected chi connectivity index (χ0v) is 11.7. The average Bonchev–Trinajstić information content (AvgIpc) is 2.94. The second kappa shape index (κ2) is 5.51. The maximum atomic E-state index is 12.5. The average molecular weight is 280 g/mol. The molecule has 2 aliphatic heterocycles. The number of fused-ring (bicyclic) bond motifs is 1. The second-order valence-corrected chi connectivity index (χ2v) is 5.70. The zero-order valence-electron chi connectivity index (χ0n) is 10.9. The molecule has 0 saturated carbocycles. The van der Waals surface area contributed by atoms with Gasteiger partial charge in [0.1, 0.15) is 0 Å². The van der Waals surface area contributed by atoms with E-state index in [9.17, 15) is 4.79 Å². The van der Waals surface area contributed by atoms with E-state index < -0.39 is 0 Å². The van der Waals surface area contributed by atoms with Gasteiger partial charge in [-0.3, -0.25) is 4.79 Å². The molecule has 1 fully saturated rings. The Bertz CT molecular complexity index is 489. The van der Waals surface area contributed by atoms with Crippen molar-refractivity contribution in [3.63, 3.8) is 0 Å². The molecular weight excluding hydrogens is 262 g/mol. The van der Waals surface area contributed by atoms with Crippen molar-refractivity contribution >= 4 is 17.5 Å². The van der Waals surface area contributed by atoms with E-state index in [1.165, 1.54) is 5.56 Å². The molecule has 102 valence electrons. The largest absolute Gasteiger partial charge is 0.372 e. The smallest absolute Gasteiger partial charge is 0.253 e. The lowest BCUT2D eigenvalue weighted by Gasteiger charge is -2.32. The van der Waals surface area contributed by atoms with E-state index in [1.54, 1.807) is 0 Å². The van der Waals surface area contributed by atoms with Gasteiger partial charge in [-0.2, -0.15) is 0 Å². The Morgan fingerprint density at radius 1 is 1.37 bits per heavy atom. The maximum absolute atomic E-state index is 12.5. The van der Waals surface area contributed by atoms with E-state index in [0.717, 1.165) is 37.1 Å². The normalized spacial score (nSPS) is 22.4. The molecule has 1 aromatic rings. The summed E-state index contributed by atoms with van der Waals surface area (Å²) in [6.07, 6.45) is 2.18. The SMILES string of the molecule is O=C(c1ccc2c(c1)COC2)N1CCCC(CCl)C1. The number of alkyl halides is 1. The van der Waals surface area contributed by atoms with Gasteiger partial charge < -0.3 is 9.64 Å². The van der Waals surface area contributed by atoms with Crippen LogP contribution in [-0.4, -0.2) is 29.8 Å². The fourth-order valence-electron chi connectivity index (χ4n) is 2.86. The van der Waals surface area contributed by atoms with Crippen LogP contribution in [0.15, 0.2) is 18.2 Å². The molecule has 19 heavy (non-hydrogen) atoms. The van der Waals surface area contributed by atoms with Crippen LogP contribution >= 0.6 is 11.6 Å². The number of benzene rings is 1. The highest BCUT2D eigenvalue weighted by Crippen LogP contribution is 2.23. The minimum Gasteiger partial charge on any atom is -0.372 e. The summed E-state index contributed by atoms with van der Waals surface area (Å²) in [4.78, 5) is 14.4. The minimum atomic E-state index is 0.129. The topological polar surface area (TPSA) is 29.5 Å². The van der Waals surface area contributed by atoms with E-state index in [-0.39, 0.29) is 5.91 Å². The van der Waals surface area contributed by atoms with Crippen LogP contribution in [0, 0.1) is 5.92 Å². The summed E-state index contributed by atoms with van der Waals surface area (Å²) < 4.78 is 5.39. The highest BCUT2D eigenvalue weighted by Gasteiger charge is 2.24. The first-order chi connectivity index (χ1) is 9.28. The predicted molar refractivity (Wildman–Crippen MR) is 74.3 cm³/mol. The van der Waals surface area contributed by atoms with Crippen LogP contribution in [0.2, 0.25) is 0 Å². The summed E-state index contributed by atoms with van der Waals surface area (Å²) in [5.41, 5.74) is 3.13. The summed E-state index contributed by atoms with van der Waals surface area (Å²) in [6.45, 7) is 2.93. The Morgan fingerprint density at radius 2 is 2.21 bits per heavy atom. The molecule has 0 bridgehead atoms. The van der Waals surface area contributed by atoms with Gasteiger partial charge in [0, 0.05) is 24.5 Å². The first kappa shape index (κ1) is 12.9. The summed E-state index contributed by atoms with van der Waals surface area (Å²) in [7, 11) is 0. The predicted octanol–water partition coefficient (Wildman–Crippen LogP) is 2.81. The number of ether oxygens (including phenoxy) is 1. The molecule has 1 unspecified atom stereocenters. The van der Waals surface area contributed by atoms with E-state index in [2.05, 4.69) is 0 Å². The molecule has 0 aliphatic carbocycles. The summed E-state index contributed by atoms with van der Waals surface area (Å²) in [5.74, 6) is 1.21. The first-order valence-corrected chi connectivity index (χ1v) is 7.36. The molecule has 4 heteroatoms. The highest BCUT2D eigenvalue weighted by atomic mass is 35.5. The molecule has 2 aliphatic rings. The van der Waals surface area contributed by atoms with E-state index in [1.807, 2.05) is 23.1 Å². The van der Waals surface area contributed by atoms with Crippen LogP contribution in [0.4, 0.5) is 0 Å². The molecule has 0 spiro atoms. The minimum absolute atomic E-state index is 0.129. The second-order valence-electron chi connectivity index (χ2n) is 5.39. The quantitative estimate of drug-likeness (QED) is 0.779. The number of amides is 1. The number of piperidine rings is 1. The van der Waals surface area contributed by atoms with Gasteiger partial charge in [0.25, 0.3) is 5.91 Å². The van der Waals surface area contributed by atoms with Gasteiger partial charge in [0.05, 0.1) is 13.2 Å². The molecule has 3 nitrogen and oxygen atoms in total. The van der Waals surface area contributed by atoms with Crippen molar-refractivity contribution in [2.24, 2.45) is 5.92 Å². The Kier molecular flexibility index (Phi) is 3.76. The van der Waals surface area contributed by atoms with E-state index in [0.29, 0.717) is 25.0 Å². The number of halogens is 1. The van der Waals surface area contributed by atoms with Crippen molar-refractivity contribution in [2.45, 2.75) is 26.1 Å². The third kappa shape index (κ3) is 2.63. The van der Waals surface area contributed by atoms with Gasteiger partial charge in [-0.25, -0.2) is 0 Å². The molecule has 0 N–H and O–H groups in total. The standard InChI is InChI=1S/C15H18ClNO2/c16-7-11-2-1-5-17(8-11)15(18)12-3-4-13-9-19-10-14(13)6-12/h3-4,6,11H,1-2,5,7-10H2. The molecule has 0 radical (unpaired) electrons. The van der Waals surface area contributed by atoms with Crippen LogP contribution in [-0.2, 0) is 18.0 Å². The van der Waals surface area contributed by atoms with Crippen molar-refractivity contribution in [1.29, 1.82) is 0 Å². The molecule has 1 atom stereocenters. The molecule has 1 amide bonds. The highest BCUT2D eigenvalue weighted by molar-refractivity contribution is 6.18. The number of carbonyl (C=O) groups excluding carboxylic acids is 1. The van der Waals surface area contributed by atoms with Gasteiger partial charge in [-0.15, -0.1) is 11.6 Å². The molecule has 1 aromatic carbocycles. The fourth-order valence-corrected chi connectivity index (χ4v) is 3.12. The summed E-state index contributed by atoms with van der Waals surface area (Å²) in [5, 5.41) is 0. The van der Waals surface area contributed by atoms with Gasteiger partial charge in [-0.1, -0.05) is 6.07 Å². The molecule has 0 aromatic heterocycles. The van der Waals surface area contributed by atoms with Crippen LogP contribution in [0.25, 0.3) is 0 Å². The van der Waals surface area contributed by atoms with Crippen molar-refractivity contribution in [3.8, 4) is 0 Å². The number of carbonyl (C=O) groups is 1. The Balaban J connectivity index is 1.76. The summed E-state index contributed by atoms with van der Waals surface area (Å²) in [6, 6.07) is 5.91.